The number of allylic oxidation sites excluding steroid dienone is 4. The van der Waals surface area contributed by atoms with E-state index < -0.39 is 10.4 Å². The molecule has 0 radical (unpaired) electrons. The maximum atomic E-state index is 8.74. The Hall–Kier alpha value is -0.370. The Morgan fingerprint density at radius 3 is 2.56 bits per heavy atom. The first-order chi connectivity index (χ1) is 14.4. The van der Waals surface area contributed by atoms with Gasteiger partial charge >= 0.3 is 40.0 Å². The summed E-state index contributed by atoms with van der Waals surface area (Å²) in [5, 5.41) is 0. The molecule has 0 spiro atoms. The molecule has 7 heteroatoms. The molecule has 1 aromatic heterocycles. The van der Waals surface area contributed by atoms with Crippen molar-refractivity contribution in [1.29, 1.82) is 0 Å². The van der Waals surface area contributed by atoms with Gasteiger partial charge in [0.15, 0.2) is 0 Å². The quantitative estimate of drug-likeness (QED) is 0.228. The zero-order chi connectivity index (χ0) is 23.5. The Balaban J connectivity index is 0.00000144. The summed E-state index contributed by atoms with van der Waals surface area (Å²) in [5.74, 6) is 1.32. The van der Waals surface area contributed by atoms with E-state index in [1.807, 2.05) is 6.26 Å². The fourth-order valence-corrected chi connectivity index (χ4v) is 4.44. The first kappa shape index (κ1) is 31.6. The number of aryl methyl sites for hydroxylation is 1. The van der Waals surface area contributed by atoms with E-state index in [-0.39, 0.29) is 29.6 Å². The number of furan rings is 1. The molecule has 1 aliphatic carbocycles. The molecule has 2 atom stereocenters. The summed E-state index contributed by atoms with van der Waals surface area (Å²) < 4.78 is 36.7. The van der Waals surface area contributed by atoms with Crippen LogP contribution in [0.25, 0.3) is 0 Å². The van der Waals surface area contributed by atoms with Gasteiger partial charge in [-0.05, 0) is 75.3 Å². The van der Waals surface area contributed by atoms with Crippen LogP contribution in [-0.4, -0.2) is 17.5 Å². The summed E-state index contributed by atoms with van der Waals surface area (Å²) in [7, 11) is -4.67. The normalized spacial score (nSPS) is 19.3. The van der Waals surface area contributed by atoms with Crippen molar-refractivity contribution in [1.82, 2.24) is 0 Å². The first-order valence-electron chi connectivity index (χ1n) is 11.2. The standard InChI is InChI=1S/C25H39O.Na.H2O4S/c1-20(11-7-13-23-16-18-26-19-23)9-6-10-21(2)14-15-24-22(3)12-8-17-25(24,4)5;;1-5(2,3)4/h10,12,16,18-20,24H,1,6-9,11,13-15,17H2,2-5H3;;(H2,1,2,3,4)/q-1;+1;. The molecule has 1 aromatic rings. The molecule has 2 N–H and O–H groups in total. The molecule has 0 amide bonds. The van der Waals surface area contributed by atoms with E-state index in [0.29, 0.717) is 11.3 Å². The Kier molecular flexibility index (Phi) is 15.3. The van der Waals surface area contributed by atoms with Gasteiger partial charge in [0.2, 0.25) is 0 Å². The van der Waals surface area contributed by atoms with Crippen LogP contribution < -0.4 is 29.6 Å². The molecule has 0 bridgehead atoms. The van der Waals surface area contributed by atoms with Crippen molar-refractivity contribution < 1.29 is 51.5 Å². The van der Waals surface area contributed by atoms with E-state index in [1.54, 1.807) is 17.4 Å². The second-order valence-electron chi connectivity index (χ2n) is 9.53. The largest absolute Gasteiger partial charge is 1.00 e. The Labute approximate surface area is 218 Å². The molecule has 2 unspecified atom stereocenters. The van der Waals surface area contributed by atoms with Gasteiger partial charge in [0.05, 0.1) is 12.5 Å². The average molecular weight is 477 g/mol. The molecule has 0 aliphatic heterocycles. The molecule has 0 saturated heterocycles. The third-order valence-electron chi connectivity index (χ3n) is 6.30. The van der Waals surface area contributed by atoms with E-state index in [4.69, 9.17) is 21.9 Å². The number of rotatable bonds is 10. The predicted molar refractivity (Wildman–Crippen MR) is 127 cm³/mol. The van der Waals surface area contributed by atoms with Crippen molar-refractivity contribution in [2.75, 3.05) is 0 Å². The van der Waals surface area contributed by atoms with Gasteiger partial charge in [-0.1, -0.05) is 56.4 Å². The number of hydrogen-bond acceptors (Lipinski definition) is 3. The summed E-state index contributed by atoms with van der Waals surface area (Å²) in [4.78, 5) is 0. The van der Waals surface area contributed by atoms with Crippen LogP contribution in [0.5, 0.6) is 0 Å². The van der Waals surface area contributed by atoms with Gasteiger partial charge in [-0.3, -0.25) is 9.11 Å². The van der Waals surface area contributed by atoms with Crippen LogP contribution in [0.3, 0.4) is 0 Å². The van der Waals surface area contributed by atoms with Gasteiger partial charge in [0, 0.05) is 0 Å². The zero-order valence-corrected chi connectivity index (χ0v) is 23.5. The topological polar surface area (TPSA) is 87.7 Å². The van der Waals surface area contributed by atoms with Crippen molar-refractivity contribution in [2.45, 2.75) is 85.5 Å². The molecule has 2 rings (SSSR count). The predicted octanol–water partition coefficient (Wildman–Crippen LogP) is 4.29. The SMILES string of the molecule is O=S(=O)(O)O.[CH2-]C(CCC=C(C)CCC1C(C)=CCCC1(C)C)CCCc1ccoc1.[Na+]. The molecule has 1 heterocycles. The van der Waals surface area contributed by atoms with E-state index in [1.165, 1.54) is 56.9 Å². The van der Waals surface area contributed by atoms with Gasteiger partial charge in [-0.25, -0.2) is 0 Å². The van der Waals surface area contributed by atoms with Crippen LogP contribution in [0.1, 0.15) is 84.6 Å². The van der Waals surface area contributed by atoms with Crippen molar-refractivity contribution >= 4 is 10.4 Å². The molecule has 5 nitrogen and oxygen atoms in total. The Bertz CT molecular complexity index is 786. The van der Waals surface area contributed by atoms with E-state index in [9.17, 15) is 0 Å². The van der Waals surface area contributed by atoms with Crippen molar-refractivity contribution in [3.8, 4) is 0 Å². The monoisotopic (exact) mass is 476 g/mol. The summed E-state index contributed by atoms with van der Waals surface area (Å²) in [5.41, 5.74) is 4.95. The molecule has 0 fully saturated rings. The average Bonchev–Trinajstić information content (AvgIpc) is 3.13. The van der Waals surface area contributed by atoms with Crippen LogP contribution in [0.2, 0.25) is 0 Å². The molecule has 1 aliphatic rings. The third kappa shape index (κ3) is 14.7. The number of hydrogen-bond donors (Lipinski definition) is 2. The molecular formula is C25H41NaO5S. The van der Waals surface area contributed by atoms with Crippen molar-refractivity contribution in [3.63, 3.8) is 0 Å². The minimum Gasteiger partial charge on any atom is -0.472 e. The van der Waals surface area contributed by atoms with E-state index >= 15 is 0 Å². The smallest absolute Gasteiger partial charge is 0.472 e. The van der Waals surface area contributed by atoms with E-state index in [2.05, 4.69) is 52.8 Å². The zero-order valence-electron chi connectivity index (χ0n) is 20.6. The van der Waals surface area contributed by atoms with Crippen LogP contribution in [0.15, 0.2) is 46.3 Å². The Morgan fingerprint density at radius 2 is 2.00 bits per heavy atom. The molecular weight excluding hydrogens is 435 g/mol. The minimum absolute atomic E-state index is 0. The van der Waals surface area contributed by atoms with Crippen LogP contribution in [0.4, 0.5) is 0 Å². The van der Waals surface area contributed by atoms with Crippen LogP contribution >= 0.6 is 0 Å². The van der Waals surface area contributed by atoms with Gasteiger partial charge in [-0.15, -0.1) is 0 Å². The fraction of sp³-hybridized carbons (Fsp3) is 0.640. The molecule has 178 valence electrons. The van der Waals surface area contributed by atoms with Crippen LogP contribution in [-0.2, 0) is 16.8 Å². The minimum atomic E-state index is -4.67. The van der Waals surface area contributed by atoms with E-state index in [0.717, 1.165) is 12.3 Å². The second kappa shape index (κ2) is 15.5. The third-order valence-corrected chi connectivity index (χ3v) is 6.30. The Morgan fingerprint density at radius 1 is 1.34 bits per heavy atom. The van der Waals surface area contributed by atoms with Gasteiger partial charge in [-0.2, -0.15) is 14.3 Å². The maximum absolute atomic E-state index is 8.74. The molecule has 0 saturated carbocycles. The van der Waals surface area contributed by atoms with Crippen molar-refractivity contribution in [3.05, 3.63) is 54.4 Å². The van der Waals surface area contributed by atoms with Gasteiger partial charge in [0.1, 0.15) is 0 Å². The summed E-state index contributed by atoms with van der Waals surface area (Å²) in [6.07, 6.45) is 19.6. The van der Waals surface area contributed by atoms with Crippen molar-refractivity contribution in [2.24, 2.45) is 17.3 Å². The maximum Gasteiger partial charge on any atom is 1.00 e. The van der Waals surface area contributed by atoms with Gasteiger partial charge in [0.25, 0.3) is 0 Å². The summed E-state index contributed by atoms with van der Waals surface area (Å²) in [6, 6.07) is 2.06. The van der Waals surface area contributed by atoms with Crippen LogP contribution in [0, 0.1) is 24.2 Å². The summed E-state index contributed by atoms with van der Waals surface area (Å²) >= 11 is 0. The first-order valence-corrected chi connectivity index (χ1v) is 12.6. The fourth-order valence-electron chi connectivity index (χ4n) is 4.44. The van der Waals surface area contributed by atoms with Gasteiger partial charge < -0.3 is 11.3 Å². The second-order valence-corrected chi connectivity index (χ2v) is 10.4. The molecule has 0 aromatic carbocycles. The summed E-state index contributed by atoms with van der Waals surface area (Å²) in [6.45, 7) is 13.9. The molecule has 32 heavy (non-hydrogen) atoms.